The van der Waals surface area contributed by atoms with Gasteiger partial charge in [-0.3, -0.25) is 0 Å². The summed E-state index contributed by atoms with van der Waals surface area (Å²) in [5.41, 5.74) is 10.3. The topological polar surface area (TPSA) is 3.24 Å². The van der Waals surface area contributed by atoms with Crippen LogP contribution in [0.15, 0.2) is 103 Å². The number of hydrogen-bond acceptors (Lipinski definition) is 1. The van der Waals surface area contributed by atoms with Gasteiger partial charge in [0.15, 0.2) is 13.4 Å². The molecule has 8 aliphatic carbocycles. The van der Waals surface area contributed by atoms with Crippen molar-refractivity contribution in [1.29, 1.82) is 0 Å². The van der Waals surface area contributed by atoms with Gasteiger partial charge in [-0.2, -0.15) is 0 Å². The predicted molar refractivity (Wildman–Crippen MR) is 260 cm³/mol. The summed E-state index contributed by atoms with van der Waals surface area (Å²) in [6, 6.07) is 42.0. The van der Waals surface area contributed by atoms with E-state index in [1.165, 1.54) is 158 Å². The number of rotatable bonds is 7. The third-order valence-electron chi connectivity index (χ3n) is 20.6. The van der Waals surface area contributed by atoms with Gasteiger partial charge in [0, 0.05) is 16.6 Å². The number of nitrogens with zero attached hydrogens (tertiary/aromatic N) is 1. The van der Waals surface area contributed by atoms with Crippen LogP contribution in [0, 0.1) is 47.3 Å². The molecule has 8 saturated carbocycles. The van der Waals surface area contributed by atoms with Gasteiger partial charge in [-0.25, -0.2) is 0 Å². The van der Waals surface area contributed by atoms with Crippen LogP contribution in [0.4, 0.5) is 17.1 Å². The first-order valence-electron chi connectivity index (χ1n) is 25.6. The van der Waals surface area contributed by atoms with Crippen LogP contribution in [0.3, 0.4) is 0 Å². The van der Waals surface area contributed by atoms with Crippen LogP contribution >= 0.6 is 0 Å². The number of anilines is 3. The Bertz CT molecular complexity index is 2700. The second-order valence-electron chi connectivity index (χ2n) is 23.1. The van der Waals surface area contributed by atoms with Crippen LogP contribution in [-0.2, 0) is 0 Å². The van der Waals surface area contributed by atoms with Crippen molar-refractivity contribution in [3.05, 3.63) is 103 Å². The van der Waals surface area contributed by atoms with E-state index in [1.54, 1.807) is 16.3 Å². The molecule has 8 bridgehead atoms. The molecule has 1 aliphatic heterocycles. The molecule has 6 aromatic rings. The predicted octanol–water partition coefficient (Wildman–Crippen LogP) is 14.8. The average Bonchev–Trinajstić information content (AvgIpc) is 4.18. The Balaban J connectivity index is 0.951. The first-order chi connectivity index (χ1) is 30.2. The second-order valence-corrected chi connectivity index (χ2v) is 23.1. The molecule has 0 spiro atoms. The zero-order valence-electron chi connectivity index (χ0n) is 36.2. The molecular formula is C58H61B2N. The Labute approximate surface area is 364 Å². The molecule has 0 aromatic heterocycles. The molecule has 0 amide bonds. The third-order valence-corrected chi connectivity index (χ3v) is 20.6. The molecule has 0 radical (unpaired) electrons. The van der Waals surface area contributed by atoms with Gasteiger partial charge in [-0.1, -0.05) is 184 Å². The number of benzene rings is 6. The Morgan fingerprint density at radius 3 is 1.49 bits per heavy atom. The van der Waals surface area contributed by atoms with Gasteiger partial charge in [-0.15, -0.1) is 0 Å². The Morgan fingerprint density at radius 2 is 0.918 bits per heavy atom. The molecule has 0 saturated heterocycles. The summed E-state index contributed by atoms with van der Waals surface area (Å²) < 4.78 is 0. The van der Waals surface area contributed by atoms with E-state index in [1.807, 2.05) is 0 Å². The second kappa shape index (κ2) is 13.3. The highest BCUT2D eigenvalue weighted by molar-refractivity contribution is 6.79. The molecule has 0 N–H and O–H groups in total. The molecule has 9 aliphatic rings. The standard InChI is InChI=1S/C58H61B2N/c1-2-7-43(8-3-1)61-56-12-6-11-47-49-33-55(60(53-29-36-15-19-40(53)25-36)54-30-37-16-20-41(54)26-37)45-10-5-4-9-44(45)48(49)32-50(58(47)56)46-22-21-42(31-57(46)61)59(51-27-34-13-17-38(51)23-34)52-28-35-14-18-39(52)24-35/h1-12,21-22,31-41,51-54H,13-20,23-30H2. The van der Waals surface area contributed by atoms with E-state index in [2.05, 4.69) is 108 Å². The maximum absolute atomic E-state index is 2.80. The molecule has 1 heterocycles. The highest BCUT2D eigenvalue weighted by Gasteiger charge is 2.54. The van der Waals surface area contributed by atoms with Crippen LogP contribution in [0.1, 0.15) is 103 Å². The van der Waals surface area contributed by atoms with Gasteiger partial charge in [0.2, 0.25) is 0 Å². The summed E-state index contributed by atoms with van der Waals surface area (Å²) in [6.45, 7) is 1.41. The SMILES string of the molecule is c1ccc(N2c3cc(B(C4CC5CCC4C5)C4CC5CCC4C5)ccc3-c3cc4c5ccccc5c(B(C5CC6CCC5C6)C5CC6CCC5C6)cc4c4cccc2c34)cc1. The van der Waals surface area contributed by atoms with Crippen molar-refractivity contribution in [2.24, 2.45) is 47.3 Å². The molecule has 6 aromatic carbocycles. The molecule has 304 valence electrons. The van der Waals surface area contributed by atoms with Crippen molar-refractivity contribution in [2.75, 3.05) is 4.90 Å². The van der Waals surface area contributed by atoms with E-state index in [9.17, 15) is 0 Å². The third kappa shape index (κ3) is 5.16. The smallest absolute Gasteiger partial charge is 0.183 e. The van der Waals surface area contributed by atoms with Crippen LogP contribution in [-0.4, -0.2) is 13.4 Å². The number of para-hydroxylation sites is 1. The summed E-state index contributed by atoms with van der Waals surface area (Å²) in [5, 5.41) is 8.91. The van der Waals surface area contributed by atoms with Crippen LogP contribution < -0.4 is 15.8 Å². The summed E-state index contributed by atoms with van der Waals surface area (Å²) in [5.74, 6) is 11.2. The maximum Gasteiger partial charge on any atom is 0.183 e. The quantitative estimate of drug-likeness (QED) is 0.115. The molecule has 15 rings (SSSR count). The van der Waals surface area contributed by atoms with Gasteiger partial charge in [0.05, 0.1) is 11.4 Å². The lowest BCUT2D eigenvalue weighted by Crippen LogP contribution is -2.43. The fourth-order valence-electron chi connectivity index (χ4n) is 18.4. The van der Waals surface area contributed by atoms with Gasteiger partial charge < -0.3 is 4.90 Å². The largest absolute Gasteiger partial charge is 0.309 e. The lowest BCUT2D eigenvalue weighted by Gasteiger charge is -2.39. The van der Waals surface area contributed by atoms with Crippen molar-refractivity contribution >= 4 is 73.7 Å². The van der Waals surface area contributed by atoms with Gasteiger partial charge in [-0.05, 0) is 136 Å². The van der Waals surface area contributed by atoms with Gasteiger partial charge in [0.1, 0.15) is 0 Å². The van der Waals surface area contributed by atoms with Gasteiger partial charge >= 0.3 is 0 Å². The van der Waals surface area contributed by atoms with Crippen LogP contribution in [0.25, 0.3) is 43.4 Å². The molecule has 12 atom stereocenters. The zero-order chi connectivity index (χ0) is 39.5. The van der Waals surface area contributed by atoms with Gasteiger partial charge in [0.25, 0.3) is 0 Å². The van der Waals surface area contributed by atoms with Crippen LogP contribution in [0.5, 0.6) is 0 Å². The summed E-state index contributed by atoms with van der Waals surface area (Å²) in [4.78, 5) is 2.69. The highest BCUT2D eigenvalue weighted by atomic mass is 15.2. The van der Waals surface area contributed by atoms with E-state index in [-0.39, 0.29) is 0 Å². The van der Waals surface area contributed by atoms with Crippen molar-refractivity contribution in [3.63, 3.8) is 0 Å². The molecule has 1 nitrogen and oxygen atoms in total. The minimum absolute atomic E-state index is 0.698. The first-order valence-corrected chi connectivity index (χ1v) is 25.6. The van der Waals surface area contributed by atoms with E-state index in [0.717, 1.165) is 70.6 Å². The van der Waals surface area contributed by atoms with Crippen molar-refractivity contribution in [1.82, 2.24) is 0 Å². The summed E-state index contributed by atoms with van der Waals surface area (Å²) in [6.07, 6.45) is 23.8. The first kappa shape index (κ1) is 35.5. The summed E-state index contributed by atoms with van der Waals surface area (Å²) in [7, 11) is 0. The van der Waals surface area contributed by atoms with E-state index in [4.69, 9.17) is 0 Å². The number of hydrogen-bond donors (Lipinski definition) is 0. The zero-order valence-corrected chi connectivity index (χ0v) is 36.2. The monoisotopic (exact) mass is 793 g/mol. The Kier molecular flexibility index (Phi) is 7.73. The normalized spacial score (nSPS) is 34.8. The molecule has 3 heteroatoms. The van der Waals surface area contributed by atoms with Crippen molar-refractivity contribution in [3.8, 4) is 11.1 Å². The van der Waals surface area contributed by atoms with E-state index in [0.29, 0.717) is 13.4 Å². The minimum Gasteiger partial charge on any atom is -0.309 e. The molecule has 61 heavy (non-hydrogen) atoms. The lowest BCUT2D eigenvalue weighted by molar-refractivity contribution is 0.441. The Morgan fingerprint density at radius 1 is 0.377 bits per heavy atom. The average molecular weight is 794 g/mol. The maximum atomic E-state index is 2.80. The molecule has 12 unspecified atom stereocenters. The van der Waals surface area contributed by atoms with Crippen molar-refractivity contribution < 1.29 is 0 Å². The highest BCUT2D eigenvalue weighted by Crippen LogP contribution is 2.63. The fourth-order valence-corrected chi connectivity index (χ4v) is 18.4. The summed E-state index contributed by atoms with van der Waals surface area (Å²) >= 11 is 0. The Hall–Kier alpha value is -3.97. The fraction of sp³-hybridized carbons (Fsp3) is 0.483. The van der Waals surface area contributed by atoms with Crippen molar-refractivity contribution in [2.45, 2.75) is 126 Å². The number of fused-ring (bicyclic) bond motifs is 14. The molecular weight excluding hydrogens is 732 g/mol. The molecule has 8 fully saturated rings. The van der Waals surface area contributed by atoms with E-state index >= 15 is 0 Å². The van der Waals surface area contributed by atoms with Crippen LogP contribution in [0.2, 0.25) is 23.3 Å². The minimum atomic E-state index is 0.698. The van der Waals surface area contributed by atoms with E-state index < -0.39 is 0 Å². The lowest BCUT2D eigenvalue weighted by atomic mass is 9.26.